The van der Waals surface area contributed by atoms with Crippen LogP contribution in [-0.4, -0.2) is 37.2 Å². The molecule has 0 radical (unpaired) electrons. The van der Waals surface area contributed by atoms with Gasteiger partial charge >= 0.3 is 17.9 Å². The van der Waals surface area contributed by atoms with E-state index >= 15 is 0 Å². The fourth-order valence-corrected chi connectivity index (χ4v) is 9.05. The summed E-state index contributed by atoms with van der Waals surface area (Å²) >= 11 is 0. The molecule has 0 spiro atoms. The SMILES string of the molecule is CCCCCCCCCCCCCC(=O)OC[C@H](COC(=O)CCCCCCCCCCCCCCC(C)C)OC(=O)CCCCCCCCCCCCCCCCCCCCC(C)C. The molecule has 1 atom stereocenters. The second kappa shape index (κ2) is 51.8. The first-order valence-electron chi connectivity index (χ1n) is 29.2. The van der Waals surface area contributed by atoms with Gasteiger partial charge in [0.05, 0.1) is 0 Å². The second-order valence-electron chi connectivity index (χ2n) is 21.2. The van der Waals surface area contributed by atoms with Crippen molar-refractivity contribution < 1.29 is 28.6 Å². The van der Waals surface area contributed by atoms with E-state index in [0.29, 0.717) is 19.3 Å². The molecule has 0 heterocycles. The molecule has 6 nitrogen and oxygen atoms in total. The van der Waals surface area contributed by atoms with E-state index in [0.717, 1.165) is 69.6 Å². The van der Waals surface area contributed by atoms with Gasteiger partial charge in [-0.3, -0.25) is 14.4 Å². The van der Waals surface area contributed by atoms with Gasteiger partial charge in [-0.1, -0.05) is 291 Å². The lowest BCUT2D eigenvalue weighted by Gasteiger charge is -2.18. The van der Waals surface area contributed by atoms with E-state index in [2.05, 4.69) is 34.6 Å². The molecule has 0 amide bonds. The van der Waals surface area contributed by atoms with Crippen molar-refractivity contribution in [1.82, 2.24) is 0 Å². The van der Waals surface area contributed by atoms with Crippen LogP contribution in [0.25, 0.3) is 0 Å². The van der Waals surface area contributed by atoms with Gasteiger partial charge in [0.25, 0.3) is 0 Å². The summed E-state index contributed by atoms with van der Waals surface area (Å²) in [5.74, 6) is 0.853. The molecule has 0 N–H and O–H groups in total. The zero-order chi connectivity index (χ0) is 47.5. The number of ether oxygens (including phenoxy) is 3. The van der Waals surface area contributed by atoms with Crippen LogP contribution in [0.15, 0.2) is 0 Å². The third kappa shape index (κ3) is 53.2. The number of hydrogen-bond acceptors (Lipinski definition) is 6. The van der Waals surface area contributed by atoms with E-state index in [4.69, 9.17) is 14.2 Å². The van der Waals surface area contributed by atoms with Gasteiger partial charge in [0.2, 0.25) is 0 Å². The van der Waals surface area contributed by atoms with Crippen LogP contribution in [0.4, 0.5) is 0 Å². The van der Waals surface area contributed by atoms with Crippen molar-refractivity contribution in [2.45, 2.75) is 336 Å². The van der Waals surface area contributed by atoms with Crippen molar-refractivity contribution in [1.29, 1.82) is 0 Å². The predicted molar refractivity (Wildman–Crippen MR) is 280 cm³/mol. The van der Waals surface area contributed by atoms with Gasteiger partial charge in [-0.15, -0.1) is 0 Å². The van der Waals surface area contributed by atoms with Crippen LogP contribution in [0.2, 0.25) is 0 Å². The Labute approximate surface area is 406 Å². The Kier molecular flexibility index (Phi) is 50.5. The first kappa shape index (κ1) is 63.4. The van der Waals surface area contributed by atoms with Crippen molar-refractivity contribution in [3.8, 4) is 0 Å². The van der Waals surface area contributed by atoms with Crippen molar-refractivity contribution in [3.63, 3.8) is 0 Å². The zero-order valence-electron chi connectivity index (χ0n) is 44.6. The number of esters is 3. The molecule has 0 aromatic rings. The molecule has 0 fully saturated rings. The molecule has 0 aromatic carbocycles. The summed E-state index contributed by atoms with van der Waals surface area (Å²) in [4.78, 5) is 38.1. The Balaban J connectivity index is 4.24. The topological polar surface area (TPSA) is 78.9 Å². The van der Waals surface area contributed by atoms with Crippen molar-refractivity contribution in [2.75, 3.05) is 13.2 Å². The van der Waals surface area contributed by atoms with Crippen LogP contribution in [0.5, 0.6) is 0 Å². The average molecular weight is 920 g/mol. The normalized spacial score (nSPS) is 12.0. The minimum Gasteiger partial charge on any atom is -0.462 e. The van der Waals surface area contributed by atoms with Crippen LogP contribution in [-0.2, 0) is 28.6 Å². The predicted octanol–water partition coefficient (Wildman–Crippen LogP) is 19.3. The van der Waals surface area contributed by atoms with Gasteiger partial charge in [-0.05, 0) is 31.1 Å². The highest BCUT2D eigenvalue weighted by atomic mass is 16.6. The molecule has 0 aliphatic rings. The summed E-state index contributed by atoms with van der Waals surface area (Å²) in [6.07, 6.45) is 55.3. The van der Waals surface area contributed by atoms with Gasteiger partial charge in [-0.25, -0.2) is 0 Å². The fourth-order valence-electron chi connectivity index (χ4n) is 9.05. The van der Waals surface area contributed by atoms with E-state index in [1.807, 2.05) is 0 Å². The Hall–Kier alpha value is -1.59. The van der Waals surface area contributed by atoms with Crippen molar-refractivity contribution in [2.24, 2.45) is 11.8 Å². The zero-order valence-corrected chi connectivity index (χ0v) is 44.6. The standard InChI is InChI=1S/C59H114O6/c1-6-7-8-9-10-11-22-29-34-39-44-49-57(60)63-52-56(53-64-58(61)50-45-40-35-30-25-21-20-24-28-33-38-43-48-55(4)5)65-59(62)51-46-41-36-31-26-19-17-15-13-12-14-16-18-23-27-32-37-42-47-54(2)3/h54-56H,6-53H2,1-5H3/t56-/m1/s1. The van der Waals surface area contributed by atoms with Crippen LogP contribution in [0, 0.1) is 11.8 Å². The van der Waals surface area contributed by atoms with Gasteiger partial charge in [-0.2, -0.15) is 0 Å². The van der Waals surface area contributed by atoms with E-state index in [1.165, 1.54) is 218 Å². The highest BCUT2D eigenvalue weighted by molar-refractivity contribution is 5.71. The Morgan fingerprint density at radius 2 is 0.508 bits per heavy atom. The van der Waals surface area contributed by atoms with Crippen molar-refractivity contribution in [3.05, 3.63) is 0 Å². The molecule has 0 aliphatic heterocycles. The lowest BCUT2D eigenvalue weighted by Crippen LogP contribution is -2.30. The number of carbonyl (C=O) groups is 3. The van der Waals surface area contributed by atoms with E-state index in [9.17, 15) is 14.4 Å². The molecule has 0 rings (SSSR count). The number of rotatable bonds is 53. The summed E-state index contributed by atoms with van der Waals surface area (Å²) in [6, 6.07) is 0. The third-order valence-electron chi connectivity index (χ3n) is 13.5. The molecule has 65 heavy (non-hydrogen) atoms. The molecular weight excluding hydrogens is 805 g/mol. The minimum atomic E-state index is -0.762. The quantitative estimate of drug-likeness (QED) is 0.0344. The first-order chi connectivity index (χ1) is 31.7. The lowest BCUT2D eigenvalue weighted by atomic mass is 10.0. The molecule has 0 aromatic heterocycles. The van der Waals surface area contributed by atoms with E-state index in [-0.39, 0.29) is 31.1 Å². The summed E-state index contributed by atoms with van der Waals surface area (Å²) in [7, 11) is 0. The third-order valence-corrected chi connectivity index (χ3v) is 13.5. The summed E-state index contributed by atoms with van der Waals surface area (Å²) in [5.41, 5.74) is 0. The second-order valence-corrected chi connectivity index (χ2v) is 21.2. The maximum absolute atomic E-state index is 12.9. The molecular formula is C59H114O6. The maximum Gasteiger partial charge on any atom is 0.306 e. The minimum absolute atomic E-state index is 0.0627. The van der Waals surface area contributed by atoms with E-state index < -0.39 is 6.10 Å². The Morgan fingerprint density at radius 1 is 0.292 bits per heavy atom. The van der Waals surface area contributed by atoms with Crippen molar-refractivity contribution >= 4 is 17.9 Å². The first-order valence-corrected chi connectivity index (χ1v) is 29.2. The monoisotopic (exact) mass is 919 g/mol. The Bertz CT molecular complexity index is 993. The van der Waals surface area contributed by atoms with Gasteiger partial charge in [0.15, 0.2) is 6.10 Å². The molecule has 0 aliphatic carbocycles. The highest BCUT2D eigenvalue weighted by Gasteiger charge is 2.19. The molecule has 0 saturated heterocycles. The lowest BCUT2D eigenvalue weighted by molar-refractivity contribution is -0.167. The van der Waals surface area contributed by atoms with Gasteiger partial charge in [0, 0.05) is 19.3 Å². The largest absolute Gasteiger partial charge is 0.462 e. The maximum atomic E-state index is 12.9. The fraction of sp³-hybridized carbons (Fsp3) is 0.949. The molecule has 0 bridgehead atoms. The van der Waals surface area contributed by atoms with Crippen LogP contribution in [0.1, 0.15) is 330 Å². The smallest absolute Gasteiger partial charge is 0.306 e. The van der Waals surface area contributed by atoms with Gasteiger partial charge < -0.3 is 14.2 Å². The highest BCUT2D eigenvalue weighted by Crippen LogP contribution is 2.18. The molecule has 0 saturated carbocycles. The van der Waals surface area contributed by atoms with E-state index in [1.54, 1.807) is 0 Å². The molecule has 6 heteroatoms. The van der Waals surface area contributed by atoms with Crippen LogP contribution >= 0.6 is 0 Å². The van der Waals surface area contributed by atoms with Crippen LogP contribution < -0.4 is 0 Å². The number of carbonyl (C=O) groups excluding carboxylic acids is 3. The summed E-state index contributed by atoms with van der Waals surface area (Å²) in [5, 5.41) is 0. The molecule has 386 valence electrons. The number of hydrogen-bond donors (Lipinski definition) is 0. The van der Waals surface area contributed by atoms with Gasteiger partial charge in [0.1, 0.15) is 13.2 Å². The average Bonchev–Trinajstić information content (AvgIpc) is 3.28. The van der Waals surface area contributed by atoms with Crippen LogP contribution in [0.3, 0.4) is 0 Å². The number of unbranched alkanes of at least 4 members (excludes halogenated alkanes) is 38. The summed E-state index contributed by atoms with van der Waals surface area (Å²) in [6.45, 7) is 11.4. The Morgan fingerprint density at radius 3 is 0.754 bits per heavy atom. The molecule has 0 unspecified atom stereocenters. The summed E-state index contributed by atoms with van der Waals surface area (Å²) < 4.78 is 16.9.